The lowest BCUT2D eigenvalue weighted by atomic mass is 10.3. The number of esters is 1. The minimum atomic E-state index is -0.672. The highest BCUT2D eigenvalue weighted by atomic mass is 32.1. The van der Waals surface area contributed by atoms with E-state index < -0.39 is 5.97 Å². The van der Waals surface area contributed by atoms with Crippen molar-refractivity contribution in [1.29, 1.82) is 0 Å². The lowest BCUT2D eigenvalue weighted by Crippen LogP contribution is -2.24. The summed E-state index contributed by atoms with van der Waals surface area (Å²) in [6.45, 7) is 1.38. The molecule has 23 heavy (non-hydrogen) atoms. The SMILES string of the molecule is CC(=O)NCc1ccc(C(=O)COC(=O)c2cc[n+]([O-])cc2)s1. The molecule has 7 nitrogen and oxygen atoms in total. The van der Waals surface area contributed by atoms with Gasteiger partial charge >= 0.3 is 5.97 Å². The average Bonchev–Trinajstić information content (AvgIpc) is 3.00. The van der Waals surface area contributed by atoms with Gasteiger partial charge in [0.2, 0.25) is 11.7 Å². The zero-order valence-electron chi connectivity index (χ0n) is 12.3. The third kappa shape index (κ3) is 4.89. The van der Waals surface area contributed by atoms with Gasteiger partial charge in [-0.05, 0) is 12.1 Å². The van der Waals surface area contributed by atoms with Crippen molar-refractivity contribution in [3.8, 4) is 0 Å². The summed E-state index contributed by atoms with van der Waals surface area (Å²) in [4.78, 5) is 35.8. The topological polar surface area (TPSA) is 99.4 Å². The molecule has 0 atom stereocenters. The number of carbonyl (C=O) groups is 3. The first-order chi connectivity index (χ1) is 11.0. The van der Waals surface area contributed by atoms with Crippen LogP contribution in [0.2, 0.25) is 0 Å². The summed E-state index contributed by atoms with van der Waals surface area (Å²) in [6, 6.07) is 5.99. The largest absolute Gasteiger partial charge is 0.619 e. The van der Waals surface area contributed by atoms with E-state index in [1.165, 1.54) is 42.8 Å². The number of Topliss-reactive ketones (excluding diaryl/α,β-unsaturated/α-hetero) is 1. The molecule has 0 aliphatic heterocycles. The minimum Gasteiger partial charge on any atom is -0.619 e. The number of amides is 1. The van der Waals surface area contributed by atoms with E-state index in [4.69, 9.17) is 4.74 Å². The average molecular weight is 334 g/mol. The first kappa shape index (κ1) is 16.6. The quantitative estimate of drug-likeness (QED) is 0.368. The van der Waals surface area contributed by atoms with E-state index in [1.807, 2.05) is 0 Å². The predicted molar refractivity (Wildman–Crippen MR) is 81.9 cm³/mol. The zero-order chi connectivity index (χ0) is 16.8. The van der Waals surface area contributed by atoms with E-state index in [0.29, 0.717) is 16.2 Å². The number of ketones is 1. The maximum atomic E-state index is 12.0. The van der Waals surface area contributed by atoms with Gasteiger partial charge in [-0.15, -0.1) is 11.3 Å². The third-order valence-corrected chi connectivity index (χ3v) is 3.95. The number of pyridine rings is 1. The normalized spacial score (nSPS) is 10.1. The standard InChI is InChI=1S/C15H14N2O5S/c1-10(18)16-8-12-2-3-14(23-12)13(19)9-22-15(20)11-4-6-17(21)7-5-11/h2-7H,8-9H2,1H3,(H,16,18). The monoisotopic (exact) mass is 334 g/mol. The second-order valence-corrected chi connectivity index (χ2v) is 5.79. The molecular formula is C15H14N2O5S. The molecule has 0 saturated heterocycles. The lowest BCUT2D eigenvalue weighted by Gasteiger charge is -2.03. The smallest absolute Gasteiger partial charge is 0.339 e. The van der Waals surface area contributed by atoms with Gasteiger partial charge in [-0.3, -0.25) is 9.59 Å². The fraction of sp³-hybridized carbons (Fsp3) is 0.200. The van der Waals surface area contributed by atoms with Crippen molar-refractivity contribution in [3.05, 3.63) is 57.2 Å². The van der Waals surface area contributed by atoms with Crippen LogP contribution in [-0.4, -0.2) is 24.3 Å². The molecule has 0 bridgehead atoms. The molecule has 120 valence electrons. The van der Waals surface area contributed by atoms with Crippen molar-refractivity contribution in [2.45, 2.75) is 13.5 Å². The van der Waals surface area contributed by atoms with Crippen LogP contribution in [0, 0.1) is 5.21 Å². The van der Waals surface area contributed by atoms with Gasteiger partial charge in [0.15, 0.2) is 19.0 Å². The van der Waals surface area contributed by atoms with Crippen molar-refractivity contribution < 1.29 is 23.9 Å². The second kappa shape index (κ2) is 7.50. The Labute approximate surface area is 136 Å². The van der Waals surface area contributed by atoms with Gasteiger partial charge in [0.05, 0.1) is 17.0 Å². The van der Waals surface area contributed by atoms with Crippen molar-refractivity contribution >= 4 is 29.0 Å². The van der Waals surface area contributed by atoms with E-state index >= 15 is 0 Å². The Kier molecular flexibility index (Phi) is 5.42. The summed E-state index contributed by atoms with van der Waals surface area (Å²) in [5, 5.41) is 13.5. The molecule has 0 unspecified atom stereocenters. The van der Waals surface area contributed by atoms with Crippen LogP contribution < -0.4 is 10.0 Å². The van der Waals surface area contributed by atoms with Gasteiger partial charge in [-0.1, -0.05) is 0 Å². The Morgan fingerprint density at radius 2 is 1.91 bits per heavy atom. The van der Waals surface area contributed by atoms with Crippen LogP contribution >= 0.6 is 11.3 Å². The molecule has 8 heteroatoms. The maximum Gasteiger partial charge on any atom is 0.339 e. The number of carbonyl (C=O) groups excluding carboxylic acids is 3. The van der Waals surface area contributed by atoms with Gasteiger partial charge < -0.3 is 15.3 Å². The molecule has 0 fully saturated rings. The van der Waals surface area contributed by atoms with E-state index in [0.717, 1.165) is 4.88 Å². The lowest BCUT2D eigenvalue weighted by molar-refractivity contribution is -0.605. The summed E-state index contributed by atoms with van der Waals surface area (Å²) in [5.74, 6) is -1.15. The Bertz CT molecular complexity index is 724. The molecule has 0 spiro atoms. The zero-order valence-corrected chi connectivity index (χ0v) is 13.1. The number of hydrogen-bond donors (Lipinski definition) is 1. The Morgan fingerprint density at radius 1 is 1.22 bits per heavy atom. The number of thiophene rings is 1. The number of nitrogens with zero attached hydrogens (tertiary/aromatic N) is 1. The van der Waals surface area contributed by atoms with Gasteiger partial charge in [0.1, 0.15) is 0 Å². The highest BCUT2D eigenvalue weighted by molar-refractivity contribution is 7.14. The van der Waals surface area contributed by atoms with Crippen molar-refractivity contribution in [2.75, 3.05) is 6.61 Å². The predicted octanol–water partition coefficient (Wildman–Crippen LogP) is 1.06. The number of hydrogen-bond acceptors (Lipinski definition) is 6. The molecule has 0 aromatic carbocycles. The molecular weight excluding hydrogens is 320 g/mol. The molecule has 0 saturated carbocycles. The first-order valence-corrected chi connectivity index (χ1v) is 7.49. The fourth-order valence-corrected chi connectivity index (χ4v) is 2.54. The minimum absolute atomic E-state index is 0.150. The van der Waals surface area contributed by atoms with Crippen LogP contribution in [0.5, 0.6) is 0 Å². The molecule has 1 N–H and O–H groups in total. The summed E-state index contributed by atoms with van der Waals surface area (Å²) in [6.07, 6.45) is 2.35. The molecule has 1 amide bonds. The van der Waals surface area contributed by atoms with Crippen molar-refractivity contribution in [3.63, 3.8) is 0 Å². The number of aromatic nitrogens is 1. The second-order valence-electron chi connectivity index (χ2n) is 4.62. The highest BCUT2D eigenvalue weighted by Gasteiger charge is 2.14. The van der Waals surface area contributed by atoms with Crippen LogP contribution in [-0.2, 0) is 16.1 Å². The number of nitrogens with one attached hydrogen (secondary N) is 1. The molecule has 2 aromatic rings. The fourth-order valence-electron chi connectivity index (χ4n) is 1.67. The summed E-state index contributed by atoms with van der Waals surface area (Å²) >= 11 is 1.23. The Morgan fingerprint density at radius 3 is 2.57 bits per heavy atom. The molecule has 2 rings (SSSR count). The van der Waals surface area contributed by atoms with Gasteiger partial charge in [-0.25, -0.2) is 4.79 Å². The van der Waals surface area contributed by atoms with E-state index in [2.05, 4.69) is 5.32 Å². The first-order valence-electron chi connectivity index (χ1n) is 6.68. The van der Waals surface area contributed by atoms with Crippen molar-refractivity contribution in [1.82, 2.24) is 5.32 Å². The highest BCUT2D eigenvalue weighted by Crippen LogP contribution is 2.17. The molecule has 0 radical (unpaired) electrons. The maximum absolute atomic E-state index is 12.0. The van der Waals surface area contributed by atoms with Gasteiger partial charge in [-0.2, -0.15) is 4.73 Å². The Balaban J connectivity index is 1.88. The Hall–Kier alpha value is -2.74. The summed E-state index contributed by atoms with van der Waals surface area (Å²) in [5.41, 5.74) is 0.197. The van der Waals surface area contributed by atoms with Gasteiger partial charge in [0, 0.05) is 23.9 Å². The number of ether oxygens (including phenoxy) is 1. The van der Waals surface area contributed by atoms with E-state index in [9.17, 15) is 19.6 Å². The molecule has 2 aromatic heterocycles. The van der Waals surface area contributed by atoms with Crippen LogP contribution in [0.1, 0.15) is 31.8 Å². The molecule has 0 aliphatic carbocycles. The molecule has 0 aliphatic rings. The van der Waals surface area contributed by atoms with Crippen LogP contribution in [0.4, 0.5) is 0 Å². The van der Waals surface area contributed by atoms with E-state index in [-0.39, 0.29) is 23.9 Å². The summed E-state index contributed by atoms with van der Waals surface area (Å²) in [7, 11) is 0. The summed E-state index contributed by atoms with van der Waals surface area (Å²) < 4.78 is 5.47. The van der Waals surface area contributed by atoms with E-state index in [1.54, 1.807) is 12.1 Å². The van der Waals surface area contributed by atoms with Crippen LogP contribution in [0.25, 0.3) is 0 Å². The number of rotatable bonds is 6. The van der Waals surface area contributed by atoms with Gasteiger partial charge in [0.25, 0.3) is 0 Å². The van der Waals surface area contributed by atoms with Crippen molar-refractivity contribution in [2.24, 2.45) is 0 Å². The van der Waals surface area contributed by atoms with Crippen LogP contribution in [0.15, 0.2) is 36.7 Å². The third-order valence-electron chi connectivity index (χ3n) is 2.82. The molecule has 2 heterocycles. The van der Waals surface area contributed by atoms with Crippen LogP contribution in [0.3, 0.4) is 0 Å².